The molecule has 0 amide bonds. The van der Waals surface area contributed by atoms with Crippen LogP contribution in [0.4, 0.5) is 0 Å². The van der Waals surface area contributed by atoms with E-state index >= 15 is 0 Å². The van der Waals surface area contributed by atoms with Crippen molar-refractivity contribution in [3.05, 3.63) is 88.5 Å². The van der Waals surface area contributed by atoms with Crippen LogP contribution in [0.3, 0.4) is 0 Å². The van der Waals surface area contributed by atoms with Crippen molar-refractivity contribution in [2.45, 2.75) is 34.6 Å². The molecule has 4 heteroatoms. The fraction of sp³-hybridized carbons (Fsp3) is 0.238. The zero-order valence-corrected chi connectivity index (χ0v) is 18.3. The van der Waals surface area contributed by atoms with Crippen molar-refractivity contribution in [3.8, 4) is 11.3 Å². The van der Waals surface area contributed by atoms with Gasteiger partial charge >= 0.3 is 27.5 Å². The van der Waals surface area contributed by atoms with Gasteiger partial charge in [0.1, 0.15) is 0 Å². The van der Waals surface area contributed by atoms with E-state index in [4.69, 9.17) is 0 Å². The molecule has 0 saturated heterocycles. The van der Waals surface area contributed by atoms with Crippen molar-refractivity contribution in [1.29, 1.82) is 0 Å². The van der Waals surface area contributed by atoms with Gasteiger partial charge in [-0.2, -0.15) is 0 Å². The molecular formula is C21H23ClIrNO+. The number of hydrogen-bond donors (Lipinski definition) is 1. The zero-order chi connectivity index (χ0) is 19.0. The van der Waals surface area contributed by atoms with Crippen molar-refractivity contribution in [1.82, 2.24) is 4.98 Å². The Bertz CT molecular complexity index is 628. The van der Waals surface area contributed by atoms with Gasteiger partial charge in [-0.1, -0.05) is 46.8 Å². The van der Waals surface area contributed by atoms with Crippen molar-refractivity contribution < 1.29 is 17.9 Å². The molecule has 1 fully saturated rings. The number of H-pyrrole nitrogens is 1. The number of nitrogens with one attached hydrogen (secondary N) is 1. The number of benzene rings is 1. The molecule has 0 aliphatic heterocycles. The number of aromatic amines is 1. The van der Waals surface area contributed by atoms with Crippen LogP contribution in [0.1, 0.15) is 34.6 Å². The van der Waals surface area contributed by atoms with Gasteiger partial charge in [0.05, 0.1) is 0 Å². The van der Waals surface area contributed by atoms with Crippen LogP contribution in [0.2, 0.25) is 0 Å². The second-order valence-electron chi connectivity index (χ2n) is 5.83. The molecule has 5 radical (unpaired) electrons. The molecule has 2 aromatic rings. The molecule has 1 aromatic carbocycles. The molecule has 1 saturated carbocycles. The molecule has 133 valence electrons. The summed E-state index contributed by atoms with van der Waals surface area (Å²) in [5, 5.41) is 0. The molecule has 0 bridgehead atoms. The van der Waals surface area contributed by atoms with Crippen LogP contribution in [0.15, 0.2) is 47.3 Å². The van der Waals surface area contributed by atoms with Gasteiger partial charge in [-0.05, 0) is 35.3 Å². The van der Waals surface area contributed by atoms with Gasteiger partial charge in [0, 0.05) is 6.07 Å². The summed E-state index contributed by atoms with van der Waals surface area (Å²) in [6, 6.07) is 15.7. The monoisotopic (exact) mass is 533 g/mol. The van der Waals surface area contributed by atoms with Crippen molar-refractivity contribution in [2.24, 2.45) is 0 Å². The van der Waals surface area contributed by atoms with Crippen LogP contribution in [0.5, 0.6) is 0 Å². The first-order chi connectivity index (χ1) is 11.9. The fourth-order valence-corrected chi connectivity index (χ4v) is 2.57. The van der Waals surface area contributed by atoms with Crippen LogP contribution in [-0.2, 0) is 17.9 Å². The van der Waals surface area contributed by atoms with Crippen molar-refractivity contribution in [3.63, 3.8) is 0 Å². The summed E-state index contributed by atoms with van der Waals surface area (Å²) in [5.74, 6) is 7.34. The van der Waals surface area contributed by atoms with Gasteiger partial charge in [-0.25, -0.2) is 0 Å². The van der Waals surface area contributed by atoms with E-state index in [0.29, 0.717) is 0 Å². The average Bonchev–Trinajstić information content (AvgIpc) is 2.82. The summed E-state index contributed by atoms with van der Waals surface area (Å²) in [5.41, 5.74) is 1.61. The average molecular weight is 533 g/mol. The molecule has 3 rings (SSSR count). The molecule has 1 aliphatic carbocycles. The van der Waals surface area contributed by atoms with Crippen LogP contribution in [0.25, 0.3) is 11.3 Å². The number of rotatable bonds is 1. The molecule has 1 heterocycles. The van der Waals surface area contributed by atoms with E-state index in [1.165, 1.54) is 53.5 Å². The number of pyridine rings is 1. The fourth-order valence-electron chi connectivity index (χ4n) is 2.57. The van der Waals surface area contributed by atoms with E-state index in [0.717, 1.165) is 11.3 Å². The van der Waals surface area contributed by atoms with Gasteiger partial charge in [0.15, 0.2) is 0 Å². The van der Waals surface area contributed by atoms with Gasteiger partial charge in [0.25, 0.3) is 0 Å². The summed E-state index contributed by atoms with van der Waals surface area (Å²) < 4.78 is 0. The van der Waals surface area contributed by atoms with Gasteiger partial charge in [0.2, 0.25) is 5.56 Å². The molecule has 1 aliphatic rings. The van der Waals surface area contributed by atoms with Crippen molar-refractivity contribution in [2.75, 3.05) is 0 Å². The topological polar surface area (TPSA) is 32.9 Å². The Morgan fingerprint density at radius 2 is 1.32 bits per heavy atom. The third-order valence-electron chi connectivity index (χ3n) is 4.58. The molecule has 1 aromatic heterocycles. The number of halogens is 1. The Hall–Kier alpha value is -0.891. The molecule has 25 heavy (non-hydrogen) atoms. The van der Waals surface area contributed by atoms with E-state index in [-0.39, 0.29) is 5.56 Å². The Kier molecular flexibility index (Phi) is 9.71. The summed E-state index contributed by atoms with van der Waals surface area (Å²) in [6.07, 6.45) is 0. The molecule has 2 nitrogen and oxygen atoms in total. The SMILES string of the molecule is C[C]1[C](C)[C](C)[C](C)[C]1C.O=c1cccc(-c2[c-]cccc2)[nH]1.[Cl][Ir+2]. The van der Waals surface area contributed by atoms with E-state index in [9.17, 15) is 4.79 Å². The Morgan fingerprint density at radius 3 is 1.72 bits per heavy atom. The summed E-state index contributed by atoms with van der Waals surface area (Å²) in [4.78, 5) is 13.7. The Morgan fingerprint density at radius 1 is 0.800 bits per heavy atom. The summed E-state index contributed by atoms with van der Waals surface area (Å²) in [7, 11) is 4.64. The molecular weight excluding hydrogens is 510 g/mol. The predicted octanol–water partition coefficient (Wildman–Crippen LogP) is 5.50. The number of hydrogen-bond acceptors (Lipinski definition) is 1. The van der Waals surface area contributed by atoms with Gasteiger partial charge < -0.3 is 4.98 Å². The maximum absolute atomic E-state index is 11.0. The summed E-state index contributed by atoms with van der Waals surface area (Å²) >= 11 is 1.47. The Balaban J connectivity index is 0.000000235. The predicted molar refractivity (Wildman–Crippen MR) is 102 cm³/mol. The summed E-state index contributed by atoms with van der Waals surface area (Å²) in [6.45, 7) is 11.0. The van der Waals surface area contributed by atoms with E-state index in [1.54, 1.807) is 6.07 Å². The molecule has 0 spiro atoms. The van der Waals surface area contributed by atoms with Gasteiger partial charge in [-0.15, -0.1) is 35.9 Å². The molecule has 0 unspecified atom stereocenters. The minimum atomic E-state index is -0.0882. The van der Waals surface area contributed by atoms with Gasteiger partial charge in [-0.3, -0.25) is 4.79 Å². The standard InChI is InChI=1S/C11H8NO.C10H15.ClH.Ir/c13-11-8-4-7-10(12-11)9-5-2-1-3-6-9;1-6-7(2)9(4)10(5)8(6)3;;/h1-5,7-8H,(H,12,13);1-5H3;1H;/q-1;;;+3/p-1. The maximum atomic E-state index is 11.0. The quantitative estimate of drug-likeness (QED) is 0.483. The minimum absolute atomic E-state index is 0.0882. The van der Waals surface area contributed by atoms with E-state index in [2.05, 4.69) is 55.3 Å². The second kappa shape index (κ2) is 11.0. The first kappa shape index (κ1) is 22.2. The second-order valence-corrected chi connectivity index (χ2v) is 5.83. The number of aromatic nitrogens is 1. The van der Waals surface area contributed by atoms with Crippen LogP contribution in [-0.4, -0.2) is 4.98 Å². The third-order valence-corrected chi connectivity index (χ3v) is 4.58. The van der Waals surface area contributed by atoms with Crippen LogP contribution in [0, 0.1) is 35.7 Å². The third kappa shape index (κ3) is 6.09. The van der Waals surface area contributed by atoms with Crippen LogP contribution < -0.4 is 5.56 Å². The zero-order valence-electron chi connectivity index (χ0n) is 15.2. The van der Waals surface area contributed by atoms with Crippen molar-refractivity contribution >= 4 is 9.58 Å². The molecule has 0 atom stereocenters. The first-order valence-electron chi connectivity index (χ1n) is 7.90. The normalized spacial score (nSPS) is 16.8. The van der Waals surface area contributed by atoms with E-state index < -0.39 is 0 Å². The van der Waals surface area contributed by atoms with E-state index in [1.807, 2.05) is 30.3 Å². The first-order valence-corrected chi connectivity index (χ1v) is 10.9. The Labute approximate surface area is 166 Å². The van der Waals surface area contributed by atoms with Crippen LogP contribution >= 0.6 is 9.58 Å². The molecule has 1 N–H and O–H groups in total.